The molecule has 0 saturated heterocycles. The number of benzene rings is 1. The molecule has 0 N–H and O–H groups in total. The molecule has 7 nitrogen and oxygen atoms in total. The van der Waals surface area contributed by atoms with Crippen molar-refractivity contribution in [2.24, 2.45) is 7.05 Å². The smallest absolute Gasteiger partial charge is 0.312 e. The molecule has 0 fully saturated rings. The fraction of sp³-hybridized carbons (Fsp3) is 0.235. The van der Waals surface area contributed by atoms with Crippen LogP contribution in [0, 0.1) is 6.92 Å². The van der Waals surface area contributed by atoms with Crippen molar-refractivity contribution in [2.45, 2.75) is 20.0 Å². The van der Waals surface area contributed by atoms with Crippen LogP contribution in [-0.2, 0) is 29.6 Å². The largest absolute Gasteiger partial charge is 0.459 e. The maximum Gasteiger partial charge on any atom is 0.312 e. The van der Waals surface area contributed by atoms with E-state index in [9.17, 15) is 9.59 Å². The molecule has 24 heavy (non-hydrogen) atoms. The minimum absolute atomic E-state index is 0.0199. The highest BCUT2D eigenvalue weighted by molar-refractivity contribution is 5.86. The Morgan fingerprint density at radius 1 is 1.17 bits per heavy atom. The fourth-order valence-corrected chi connectivity index (χ4v) is 2.34. The van der Waals surface area contributed by atoms with E-state index in [1.54, 1.807) is 43.7 Å². The maximum absolute atomic E-state index is 12.1. The summed E-state index contributed by atoms with van der Waals surface area (Å²) < 4.78 is 6.45. The van der Waals surface area contributed by atoms with Crippen LogP contribution in [0.2, 0.25) is 0 Å². The average Bonchev–Trinajstić information content (AvgIpc) is 2.59. The zero-order chi connectivity index (χ0) is 17.1. The number of fused-ring (bicyclic) bond motifs is 1. The molecule has 0 amide bonds. The average molecular weight is 324 g/mol. The third-order valence-electron chi connectivity index (χ3n) is 3.56. The van der Waals surface area contributed by atoms with Crippen LogP contribution >= 0.6 is 0 Å². The van der Waals surface area contributed by atoms with E-state index in [-0.39, 0.29) is 18.6 Å². The van der Waals surface area contributed by atoms with Gasteiger partial charge in [0.25, 0.3) is 5.56 Å². The second-order valence-corrected chi connectivity index (χ2v) is 5.41. The van der Waals surface area contributed by atoms with Crippen molar-refractivity contribution in [3.8, 4) is 0 Å². The lowest BCUT2D eigenvalue weighted by Gasteiger charge is -2.08. The second-order valence-electron chi connectivity index (χ2n) is 5.41. The number of ether oxygens (including phenoxy) is 1. The molecule has 0 aliphatic heterocycles. The molecule has 0 aliphatic carbocycles. The summed E-state index contributed by atoms with van der Waals surface area (Å²) >= 11 is 0. The molecule has 0 radical (unpaired) electrons. The van der Waals surface area contributed by atoms with Gasteiger partial charge in [-0.25, -0.2) is 4.68 Å². The Kier molecular flexibility index (Phi) is 4.33. The predicted molar refractivity (Wildman–Crippen MR) is 87.3 cm³/mol. The van der Waals surface area contributed by atoms with Gasteiger partial charge >= 0.3 is 5.97 Å². The van der Waals surface area contributed by atoms with Crippen molar-refractivity contribution in [3.63, 3.8) is 0 Å². The van der Waals surface area contributed by atoms with Gasteiger partial charge in [-0.1, -0.05) is 18.2 Å². The minimum Gasteiger partial charge on any atom is -0.459 e. The minimum atomic E-state index is -0.436. The van der Waals surface area contributed by atoms with Crippen molar-refractivity contribution in [3.05, 3.63) is 64.1 Å². The van der Waals surface area contributed by atoms with E-state index >= 15 is 0 Å². The molecule has 2 aromatic heterocycles. The number of rotatable bonds is 4. The summed E-state index contributed by atoms with van der Waals surface area (Å²) in [5.41, 5.74) is 1.68. The highest BCUT2D eigenvalue weighted by atomic mass is 16.5. The van der Waals surface area contributed by atoms with Gasteiger partial charge in [-0.15, -0.1) is 0 Å². The van der Waals surface area contributed by atoms with Gasteiger partial charge < -0.3 is 4.74 Å². The molecule has 0 saturated carbocycles. The van der Waals surface area contributed by atoms with E-state index in [2.05, 4.69) is 15.1 Å². The molecule has 0 atom stereocenters. The van der Waals surface area contributed by atoms with Gasteiger partial charge in [0, 0.05) is 18.6 Å². The second kappa shape index (κ2) is 6.57. The summed E-state index contributed by atoms with van der Waals surface area (Å²) in [5.74, 6) is -0.436. The normalized spacial score (nSPS) is 10.8. The lowest BCUT2D eigenvalue weighted by atomic mass is 10.1. The first-order chi connectivity index (χ1) is 11.5. The molecular weight excluding hydrogens is 308 g/mol. The van der Waals surface area contributed by atoms with Crippen LogP contribution in [-0.4, -0.2) is 25.7 Å². The van der Waals surface area contributed by atoms with E-state index in [0.29, 0.717) is 22.2 Å². The summed E-state index contributed by atoms with van der Waals surface area (Å²) in [6, 6.07) is 7.08. The van der Waals surface area contributed by atoms with E-state index in [1.165, 1.54) is 4.68 Å². The molecular formula is C17H16N4O3. The quantitative estimate of drug-likeness (QED) is 0.673. The third-order valence-corrected chi connectivity index (χ3v) is 3.56. The first-order valence-corrected chi connectivity index (χ1v) is 7.42. The summed E-state index contributed by atoms with van der Waals surface area (Å²) in [5, 5.41) is 5.37. The lowest BCUT2D eigenvalue weighted by molar-refractivity contribution is -0.144. The van der Waals surface area contributed by atoms with Crippen molar-refractivity contribution < 1.29 is 9.53 Å². The van der Waals surface area contributed by atoms with Gasteiger partial charge in [0.05, 0.1) is 35.1 Å². The highest BCUT2D eigenvalue weighted by Gasteiger charge is 2.13. The molecule has 0 spiro atoms. The van der Waals surface area contributed by atoms with Crippen molar-refractivity contribution in [1.82, 2.24) is 19.7 Å². The van der Waals surface area contributed by atoms with Gasteiger partial charge in [0.15, 0.2) is 0 Å². The van der Waals surface area contributed by atoms with Crippen LogP contribution in [0.5, 0.6) is 0 Å². The molecule has 0 bridgehead atoms. The maximum atomic E-state index is 12.1. The standard InChI is InChI=1S/C17H16N4O3/c1-11-8-19-12(9-18-11)10-24-16(22)7-15-13-5-3-4-6-14(13)17(23)21(2)20-15/h3-6,8-9H,7,10H2,1-2H3. The molecule has 2 heterocycles. The first kappa shape index (κ1) is 15.8. The zero-order valence-electron chi connectivity index (χ0n) is 13.4. The Hall–Kier alpha value is -3.09. The van der Waals surface area contributed by atoms with Crippen molar-refractivity contribution >= 4 is 16.7 Å². The Morgan fingerprint density at radius 3 is 2.62 bits per heavy atom. The van der Waals surface area contributed by atoms with E-state index in [4.69, 9.17) is 4.74 Å². The van der Waals surface area contributed by atoms with Gasteiger partial charge in [-0.3, -0.25) is 19.6 Å². The summed E-state index contributed by atoms with van der Waals surface area (Å²) in [4.78, 5) is 32.4. The number of nitrogens with zero attached hydrogens (tertiary/aromatic N) is 4. The number of carbonyl (C=O) groups excluding carboxylic acids is 1. The topological polar surface area (TPSA) is 87.0 Å². The Labute approximate surface area is 137 Å². The third kappa shape index (κ3) is 3.29. The molecule has 0 unspecified atom stereocenters. The van der Waals surface area contributed by atoms with Crippen LogP contribution in [0.15, 0.2) is 41.5 Å². The van der Waals surface area contributed by atoms with E-state index in [0.717, 1.165) is 5.69 Å². The van der Waals surface area contributed by atoms with Crippen LogP contribution in [0.25, 0.3) is 10.8 Å². The fourth-order valence-electron chi connectivity index (χ4n) is 2.34. The van der Waals surface area contributed by atoms with Crippen LogP contribution in [0.1, 0.15) is 17.1 Å². The summed E-state index contributed by atoms with van der Waals surface area (Å²) in [7, 11) is 1.56. The SMILES string of the molecule is Cc1cnc(COC(=O)Cc2nn(C)c(=O)c3ccccc23)cn1. The predicted octanol–water partition coefficient (Wildman–Crippen LogP) is 1.32. The van der Waals surface area contributed by atoms with Gasteiger partial charge in [0.2, 0.25) is 0 Å². The van der Waals surface area contributed by atoms with Crippen molar-refractivity contribution in [1.29, 1.82) is 0 Å². The Morgan fingerprint density at radius 2 is 1.92 bits per heavy atom. The Balaban J connectivity index is 1.77. The monoisotopic (exact) mass is 324 g/mol. The molecule has 1 aromatic carbocycles. The molecule has 0 aliphatic rings. The molecule has 3 aromatic rings. The van der Waals surface area contributed by atoms with Crippen LogP contribution < -0.4 is 5.56 Å². The van der Waals surface area contributed by atoms with Crippen LogP contribution in [0.3, 0.4) is 0 Å². The van der Waals surface area contributed by atoms with Crippen molar-refractivity contribution in [2.75, 3.05) is 0 Å². The molecule has 3 rings (SSSR count). The first-order valence-electron chi connectivity index (χ1n) is 7.42. The summed E-state index contributed by atoms with van der Waals surface area (Å²) in [6.07, 6.45) is 3.17. The number of esters is 1. The number of carbonyl (C=O) groups is 1. The summed E-state index contributed by atoms with van der Waals surface area (Å²) in [6.45, 7) is 1.88. The number of hydrogen-bond acceptors (Lipinski definition) is 6. The lowest BCUT2D eigenvalue weighted by Crippen LogP contribution is -2.22. The molecule has 122 valence electrons. The van der Waals surface area contributed by atoms with Gasteiger partial charge in [-0.05, 0) is 13.0 Å². The van der Waals surface area contributed by atoms with E-state index < -0.39 is 5.97 Å². The highest BCUT2D eigenvalue weighted by Crippen LogP contribution is 2.14. The number of hydrogen-bond donors (Lipinski definition) is 0. The molecule has 7 heteroatoms. The van der Waals surface area contributed by atoms with Crippen LogP contribution in [0.4, 0.5) is 0 Å². The van der Waals surface area contributed by atoms with Gasteiger partial charge in [-0.2, -0.15) is 5.10 Å². The number of aryl methyl sites for hydroxylation is 2. The van der Waals surface area contributed by atoms with E-state index in [1.807, 2.05) is 6.92 Å². The van der Waals surface area contributed by atoms with Gasteiger partial charge in [0.1, 0.15) is 6.61 Å². The number of aromatic nitrogens is 4. The zero-order valence-corrected chi connectivity index (χ0v) is 13.4. The Bertz CT molecular complexity index is 948.